The SMILES string of the molecule is Cc1ccc(O)c([C@H](N)c2cccs2)c1.Cl. The summed E-state index contributed by atoms with van der Waals surface area (Å²) in [6.07, 6.45) is 0. The highest BCUT2D eigenvalue weighted by atomic mass is 35.5. The summed E-state index contributed by atoms with van der Waals surface area (Å²) >= 11 is 1.60. The molecule has 3 N–H and O–H groups in total. The number of nitrogens with two attached hydrogens (primary N) is 1. The average Bonchev–Trinajstić information content (AvgIpc) is 2.74. The van der Waals surface area contributed by atoms with E-state index in [2.05, 4.69) is 0 Å². The summed E-state index contributed by atoms with van der Waals surface area (Å²) in [4.78, 5) is 1.07. The summed E-state index contributed by atoms with van der Waals surface area (Å²) in [5.74, 6) is 0.265. The molecule has 0 bridgehead atoms. The minimum absolute atomic E-state index is 0. The van der Waals surface area contributed by atoms with E-state index < -0.39 is 0 Å². The topological polar surface area (TPSA) is 46.2 Å². The number of aromatic hydroxyl groups is 1. The van der Waals surface area contributed by atoms with Gasteiger partial charge in [-0.25, -0.2) is 0 Å². The van der Waals surface area contributed by atoms with E-state index in [1.165, 1.54) is 0 Å². The minimum atomic E-state index is -0.232. The van der Waals surface area contributed by atoms with E-state index in [1.807, 2.05) is 36.6 Å². The number of phenolic OH excluding ortho intramolecular Hbond substituents is 1. The highest BCUT2D eigenvalue weighted by molar-refractivity contribution is 7.10. The van der Waals surface area contributed by atoms with E-state index >= 15 is 0 Å². The van der Waals surface area contributed by atoms with E-state index in [0.29, 0.717) is 0 Å². The van der Waals surface area contributed by atoms with Crippen molar-refractivity contribution in [1.29, 1.82) is 0 Å². The largest absolute Gasteiger partial charge is 0.508 e. The molecule has 2 nitrogen and oxygen atoms in total. The van der Waals surface area contributed by atoms with Crippen LogP contribution in [0.5, 0.6) is 5.75 Å². The first-order valence-electron chi connectivity index (χ1n) is 4.77. The molecule has 0 saturated carbocycles. The number of benzene rings is 1. The average molecular weight is 256 g/mol. The van der Waals surface area contributed by atoms with Crippen LogP contribution in [-0.2, 0) is 0 Å². The lowest BCUT2D eigenvalue weighted by Gasteiger charge is -2.12. The van der Waals surface area contributed by atoms with Gasteiger partial charge in [0.15, 0.2) is 0 Å². The fourth-order valence-corrected chi connectivity index (χ4v) is 2.29. The van der Waals surface area contributed by atoms with Crippen LogP contribution in [0.1, 0.15) is 22.0 Å². The van der Waals surface area contributed by atoms with Gasteiger partial charge in [-0.2, -0.15) is 0 Å². The molecule has 1 aromatic heterocycles. The molecule has 0 fully saturated rings. The van der Waals surface area contributed by atoms with Crippen LogP contribution in [0.2, 0.25) is 0 Å². The Labute approximate surface area is 105 Å². The second-order valence-electron chi connectivity index (χ2n) is 3.56. The number of halogens is 1. The fraction of sp³-hybridized carbons (Fsp3) is 0.167. The standard InChI is InChI=1S/C12H13NOS.ClH/c1-8-4-5-10(14)9(7-8)12(13)11-3-2-6-15-11;/h2-7,12,14H,13H2,1H3;1H/t12-;/m0./s1. The molecule has 2 rings (SSSR count). The Bertz CT molecular complexity index is 456. The summed E-state index contributed by atoms with van der Waals surface area (Å²) in [7, 11) is 0. The van der Waals surface area contributed by atoms with Crippen molar-refractivity contribution in [3.8, 4) is 5.75 Å². The van der Waals surface area contributed by atoms with Crippen molar-refractivity contribution >= 4 is 23.7 Å². The number of aryl methyl sites for hydroxylation is 1. The Morgan fingerprint density at radius 2 is 2.06 bits per heavy atom. The molecule has 0 radical (unpaired) electrons. The predicted molar refractivity (Wildman–Crippen MR) is 70.4 cm³/mol. The Morgan fingerprint density at radius 3 is 2.69 bits per heavy atom. The molecule has 2 aromatic rings. The maximum absolute atomic E-state index is 9.73. The molecule has 4 heteroatoms. The van der Waals surface area contributed by atoms with Gasteiger partial charge in [0.25, 0.3) is 0 Å². The number of hydrogen-bond donors (Lipinski definition) is 2. The maximum atomic E-state index is 9.73. The third kappa shape index (κ3) is 2.55. The summed E-state index contributed by atoms with van der Waals surface area (Å²) in [6.45, 7) is 1.99. The zero-order chi connectivity index (χ0) is 10.8. The third-order valence-corrected chi connectivity index (χ3v) is 3.32. The van der Waals surface area contributed by atoms with E-state index in [4.69, 9.17) is 5.73 Å². The molecule has 0 saturated heterocycles. The van der Waals surface area contributed by atoms with Crippen LogP contribution in [0.4, 0.5) is 0 Å². The summed E-state index contributed by atoms with van der Waals surface area (Å²) in [6, 6.07) is 9.21. The van der Waals surface area contributed by atoms with Crippen LogP contribution in [0.3, 0.4) is 0 Å². The van der Waals surface area contributed by atoms with Crippen LogP contribution < -0.4 is 5.73 Å². The molecular formula is C12H14ClNOS. The highest BCUT2D eigenvalue weighted by Crippen LogP contribution is 2.30. The molecular weight excluding hydrogens is 242 g/mol. The Kier molecular flexibility index (Phi) is 4.35. The van der Waals surface area contributed by atoms with Crippen molar-refractivity contribution in [2.45, 2.75) is 13.0 Å². The van der Waals surface area contributed by atoms with Crippen molar-refractivity contribution in [3.63, 3.8) is 0 Å². The molecule has 0 aliphatic rings. The van der Waals surface area contributed by atoms with E-state index in [-0.39, 0.29) is 24.2 Å². The van der Waals surface area contributed by atoms with Crippen LogP contribution in [0.15, 0.2) is 35.7 Å². The molecule has 1 heterocycles. The number of hydrogen-bond acceptors (Lipinski definition) is 3. The first-order chi connectivity index (χ1) is 7.18. The van der Waals surface area contributed by atoms with Crippen molar-refractivity contribution < 1.29 is 5.11 Å². The minimum Gasteiger partial charge on any atom is -0.508 e. The van der Waals surface area contributed by atoms with Crippen LogP contribution >= 0.6 is 23.7 Å². The van der Waals surface area contributed by atoms with Crippen LogP contribution in [0.25, 0.3) is 0 Å². The molecule has 0 amide bonds. The Balaban J connectivity index is 0.00000128. The van der Waals surface area contributed by atoms with Gasteiger partial charge in [0, 0.05) is 10.4 Å². The van der Waals surface area contributed by atoms with Crippen LogP contribution in [0, 0.1) is 6.92 Å². The highest BCUT2D eigenvalue weighted by Gasteiger charge is 2.13. The lowest BCUT2D eigenvalue weighted by molar-refractivity contribution is 0.465. The number of thiophene rings is 1. The van der Waals surface area contributed by atoms with E-state index in [1.54, 1.807) is 17.4 Å². The van der Waals surface area contributed by atoms with E-state index in [0.717, 1.165) is 16.0 Å². The molecule has 0 spiro atoms. The molecule has 0 unspecified atom stereocenters. The van der Waals surface area contributed by atoms with Gasteiger partial charge < -0.3 is 10.8 Å². The normalized spacial score (nSPS) is 11.9. The number of rotatable bonds is 2. The second-order valence-corrected chi connectivity index (χ2v) is 4.53. The molecule has 1 aromatic carbocycles. The zero-order valence-electron chi connectivity index (χ0n) is 8.88. The first-order valence-corrected chi connectivity index (χ1v) is 5.65. The monoisotopic (exact) mass is 255 g/mol. The quantitative estimate of drug-likeness (QED) is 0.866. The summed E-state index contributed by atoms with van der Waals surface area (Å²) < 4.78 is 0. The lowest BCUT2D eigenvalue weighted by atomic mass is 10.0. The van der Waals surface area contributed by atoms with Gasteiger partial charge in [0.1, 0.15) is 5.75 Å². The van der Waals surface area contributed by atoms with Gasteiger partial charge in [0.05, 0.1) is 6.04 Å². The smallest absolute Gasteiger partial charge is 0.120 e. The van der Waals surface area contributed by atoms with E-state index in [9.17, 15) is 5.11 Å². The van der Waals surface area contributed by atoms with Crippen molar-refractivity contribution in [2.75, 3.05) is 0 Å². The van der Waals surface area contributed by atoms with Crippen molar-refractivity contribution in [3.05, 3.63) is 51.7 Å². The van der Waals surface area contributed by atoms with Gasteiger partial charge in [-0.05, 0) is 24.4 Å². The van der Waals surface area contributed by atoms with Gasteiger partial charge in [-0.3, -0.25) is 0 Å². The van der Waals surface area contributed by atoms with Gasteiger partial charge in [-0.1, -0.05) is 23.8 Å². The van der Waals surface area contributed by atoms with Crippen LogP contribution in [-0.4, -0.2) is 5.11 Å². The molecule has 0 aliphatic heterocycles. The molecule has 16 heavy (non-hydrogen) atoms. The van der Waals surface area contributed by atoms with Gasteiger partial charge in [-0.15, -0.1) is 23.7 Å². The summed E-state index contributed by atoms with van der Waals surface area (Å²) in [5.41, 5.74) is 7.98. The van der Waals surface area contributed by atoms with Crippen molar-refractivity contribution in [1.82, 2.24) is 0 Å². The second kappa shape index (κ2) is 5.34. The van der Waals surface area contributed by atoms with Gasteiger partial charge in [0.2, 0.25) is 0 Å². The molecule has 1 atom stereocenters. The Hall–Kier alpha value is -1.03. The first kappa shape index (κ1) is 13.0. The number of phenols is 1. The van der Waals surface area contributed by atoms with Gasteiger partial charge >= 0.3 is 0 Å². The molecule has 0 aliphatic carbocycles. The lowest BCUT2D eigenvalue weighted by Crippen LogP contribution is -2.10. The summed E-state index contributed by atoms with van der Waals surface area (Å²) in [5, 5.41) is 11.7. The van der Waals surface area contributed by atoms with Crippen molar-refractivity contribution in [2.24, 2.45) is 5.73 Å². The maximum Gasteiger partial charge on any atom is 0.120 e. The third-order valence-electron chi connectivity index (χ3n) is 2.37. The fourth-order valence-electron chi connectivity index (χ4n) is 1.54. The predicted octanol–water partition coefficient (Wildman–Crippen LogP) is 3.23. The Morgan fingerprint density at radius 1 is 1.31 bits per heavy atom. The zero-order valence-corrected chi connectivity index (χ0v) is 10.5. The molecule has 86 valence electrons.